The van der Waals surface area contributed by atoms with Crippen molar-refractivity contribution >= 4 is 17.6 Å². The highest BCUT2D eigenvalue weighted by molar-refractivity contribution is 5.95. The number of halogens is 1. The summed E-state index contributed by atoms with van der Waals surface area (Å²) in [6, 6.07) is 14.2. The van der Waals surface area contributed by atoms with E-state index >= 15 is 0 Å². The van der Waals surface area contributed by atoms with Crippen LogP contribution < -0.4 is 5.32 Å². The van der Waals surface area contributed by atoms with Crippen molar-refractivity contribution in [3.05, 3.63) is 66.0 Å². The van der Waals surface area contributed by atoms with Crippen LogP contribution in [0.1, 0.15) is 24.9 Å². The Kier molecular flexibility index (Phi) is 5.04. The molecule has 1 fully saturated rings. The number of aliphatic carboxylic acids is 1. The Labute approximate surface area is 151 Å². The van der Waals surface area contributed by atoms with E-state index in [1.165, 1.54) is 24.3 Å². The number of benzene rings is 2. The lowest BCUT2D eigenvalue weighted by Gasteiger charge is -2.28. The molecule has 136 valence electrons. The number of carboxylic acids is 1. The summed E-state index contributed by atoms with van der Waals surface area (Å²) in [4.78, 5) is 26.4. The number of hydrogen-bond acceptors (Lipinski definition) is 3. The average Bonchev–Trinajstić information content (AvgIpc) is 3.01. The van der Waals surface area contributed by atoms with Crippen LogP contribution in [0, 0.1) is 11.2 Å². The van der Waals surface area contributed by atoms with E-state index in [-0.39, 0.29) is 11.7 Å². The number of hydrogen-bond donors (Lipinski definition) is 2. The van der Waals surface area contributed by atoms with E-state index < -0.39 is 17.4 Å². The van der Waals surface area contributed by atoms with Crippen molar-refractivity contribution in [3.8, 4) is 0 Å². The van der Waals surface area contributed by atoms with E-state index in [2.05, 4.69) is 5.32 Å². The molecule has 1 aliphatic rings. The predicted molar refractivity (Wildman–Crippen MR) is 96.1 cm³/mol. The molecule has 1 heterocycles. The van der Waals surface area contributed by atoms with Gasteiger partial charge in [0.1, 0.15) is 11.9 Å². The molecule has 26 heavy (non-hydrogen) atoms. The molecule has 1 amide bonds. The van der Waals surface area contributed by atoms with E-state index in [0.29, 0.717) is 25.2 Å². The van der Waals surface area contributed by atoms with Crippen LogP contribution in [-0.2, 0) is 9.59 Å². The van der Waals surface area contributed by atoms with Gasteiger partial charge in [0.25, 0.3) is 0 Å². The first-order chi connectivity index (χ1) is 12.4. The molecular formula is C20H21FN2O3. The highest BCUT2D eigenvalue weighted by Crippen LogP contribution is 2.36. The van der Waals surface area contributed by atoms with Gasteiger partial charge in [-0.25, -0.2) is 4.39 Å². The molecule has 2 aromatic carbocycles. The number of carbonyl (C=O) groups is 2. The number of carboxylic acid groups (broad SMARTS) is 1. The van der Waals surface area contributed by atoms with Crippen LogP contribution in [0.2, 0.25) is 0 Å². The maximum absolute atomic E-state index is 13.1. The summed E-state index contributed by atoms with van der Waals surface area (Å²) < 4.78 is 13.1. The van der Waals surface area contributed by atoms with E-state index in [0.717, 1.165) is 5.56 Å². The predicted octanol–water partition coefficient (Wildman–Crippen LogP) is 3.30. The van der Waals surface area contributed by atoms with Gasteiger partial charge >= 0.3 is 5.97 Å². The fourth-order valence-electron chi connectivity index (χ4n) is 3.30. The molecule has 0 saturated carbocycles. The molecule has 2 N–H and O–H groups in total. The van der Waals surface area contributed by atoms with Gasteiger partial charge in [-0.1, -0.05) is 30.3 Å². The molecule has 2 atom stereocenters. The second-order valence-corrected chi connectivity index (χ2v) is 6.90. The Morgan fingerprint density at radius 1 is 1.15 bits per heavy atom. The Bertz CT molecular complexity index is 794. The molecular weight excluding hydrogens is 335 g/mol. The molecule has 6 heteroatoms. The standard InChI is InChI=1S/C20H21FN2O3/c1-20(19(25)26)11-12-23(13-20)17(14-5-3-2-4-6-14)18(24)22-16-9-7-15(21)8-10-16/h2-10,17H,11-13H2,1H3,(H,22,24)(H,25,26). The van der Waals surface area contributed by atoms with Crippen LogP contribution >= 0.6 is 0 Å². The summed E-state index contributed by atoms with van der Waals surface area (Å²) in [5.41, 5.74) is 0.419. The summed E-state index contributed by atoms with van der Waals surface area (Å²) in [6.07, 6.45) is 0.482. The van der Waals surface area contributed by atoms with Gasteiger partial charge in [-0.2, -0.15) is 0 Å². The normalized spacial score (nSPS) is 21.3. The van der Waals surface area contributed by atoms with Crippen LogP contribution in [0.15, 0.2) is 54.6 Å². The minimum absolute atomic E-state index is 0.266. The van der Waals surface area contributed by atoms with Crippen molar-refractivity contribution in [2.75, 3.05) is 18.4 Å². The van der Waals surface area contributed by atoms with Crippen LogP contribution in [-0.4, -0.2) is 35.0 Å². The van der Waals surface area contributed by atoms with Crippen LogP contribution in [0.4, 0.5) is 10.1 Å². The quantitative estimate of drug-likeness (QED) is 0.862. The molecule has 0 aliphatic carbocycles. The van der Waals surface area contributed by atoms with E-state index in [4.69, 9.17) is 0 Å². The zero-order chi connectivity index (χ0) is 18.7. The van der Waals surface area contributed by atoms with Crippen molar-refractivity contribution in [1.29, 1.82) is 0 Å². The van der Waals surface area contributed by atoms with Gasteiger partial charge in [0.15, 0.2) is 0 Å². The Morgan fingerprint density at radius 3 is 2.38 bits per heavy atom. The largest absolute Gasteiger partial charge is 0.481 e. The van der Waals surface area contributed by atoms with E-state index in [1.807, 2.05) is 35.2 Å². The molecule has 0 radical (unpaired) electrons. The third-order valence-corrected chi connectivity index (χ3v) is 4.86. The molecule has 0 bridgehead atoms. The lowest BCUT2D eigenvalue weighted by Crippen LogP contribution is -2.38. The molecule has 0 spiro atoms. The molecule has 2 aromatic rings. The first kappa shape index (κ1) is 18.1. The number of nitrogens with zero attached hydrogens (tertiary/aromatic N) is 1. The fraction of sp³-hybridized carbons (Fsp3) is 0.300. The van der Waals surface area contributed by atoms with Gasteiger partial charge in [-0.3, -0.25) is 14.5 Å². The van der Waals surface area contributed by atoms with Crippen molar-refractivity contribution in [2.45, 2.75) is 19.4 Å². The Balaban J connectivity index is 1.86. The summed E-state index contributed by atoms with van der Waals surface area (Å²) in [5.74, 6) is -1.50. The lowest BCUT2D eigenvalue weighted by molar-refractivity contribution is -0.147. The number of likely N-dealkylation sites (tertiary alicyclic amines) is 1. The summed E-state index contributed by atoms with van der Waals surface area (Å²) >= 11 is 0. The van der Waals surface area contributed by atoms with Crippen molar-refractivity contribution in [2.24, 2.45) is 5.41 Å². The van der Waals surface area contributed by atoms with E-state index in [9.17, 15) is 19.1 Å². The zero-order valence-corrected chi connectivity index (χ0v) is 14.5. The van der Waals surface area contributed by atoms with Gasteiger partial charge in [-0.05, 0) is 43.2 Å². The first-order valence-corrected chi connectivity index (χ1v) is 8.48. The smallest absolute Gasteiger partial charge is 0.310 e. The monoisotopic (exact) mass is 356 g/mol. The molecule has 3 rings (SSSR count). The third kappa shape index (κ3) is 3.75. The second-order valence-electron chi connectivity index (χ2n) is 6.90. The molecule has 1 saturated heterocycles. The Hall–Kier alpha value is -2.73. The van der Waals surface area contributed by atoms with Gasteiger partial charge in [0, 0.05) is 18.8 Å². The van der Waals surface area contributed by atoms with Crippen molar-refractivity contribution in [1.82, 2.24) is 4.90 Å². The minimum Gasteiger partial charge on any atom is -0.481 e. The average molecular weight is 356 g/mol. The van der Waals surface area contributed by atoms with Gasteiger partial charge in [-0.15, -0.1) is 0 Å². The Morgan fingerprint density at radius 2 is 1.81 bits per heavy atom. The topological polar surface area (TPSA) is 69.6 Å². The third-order valence-electron chi connectivity index (χ3n) is 4.86. The molecule has 5 nitrogen and oxygen atoms in total. The number of carbonyl (C=O) groups excluding carboxylic acids is 1. The number of amides is 1. The van der Waals surface area contributed by atoms with Gasteiger partial charge in [0.05, 0.1) is 5.41 Å². The van der Waals surface area contributed by atoms with Gasteiger partial charge < -0.3 is 10.4 Å². The second kappa shape index (κ2) is 7.25. The highest BCUT2D eigenvalue weighted by atomic mass is 19.1. The van der Waals surface area contributed by atoms with Crippen LogP contribution in [0.25, 0.3) is 0 Å². The molecule has 2 unspecified atom stereocenters. The summed E-state index contributed by atoms with van der Waals surface area (Å²) in [7, 11) is 0. The number of nitrogens with one attached hydrogen (secondary N) is 1. The minimum atomic E-state index is -0.872. The molecule has 1 aliphatic heterocycles. The maximum Gasteiger partial charge on any atom is 0.310 e. The van der Waals surface area contributed by atoms with Crippen LogP contribution in [0.5, 0.6) is 0 Å². The zero-order valence-electron chi connectivity index (χ0n) is 14.5. The summed E-state index contributed by atoms with van der Waals surface area (Å²) in [5, 5.41) is 12.3. The maximum atomic E-state index is 13.1. The van der Waals surface area contributed by atoms with Gasteiger partial charge in [0.2, 0.25) is 5.91 Å². The summed E-state index contributed by atoms with van der Waals surface area (Å²) in [6.45, 7) is 2.51. The fourth-order valence-corrected chi connectivity index (χ4v) is 3.30. The highest BCUT2D eigenvalue weighted by Gasteiger charge is 2.44. The lowest BCUT2D eigenvalue weighted by atomic mass is 9.90. The first-order valence-electron chi connectivity index (χ1n) is 8.48. The van der Waals surface area contributed by atoms with E-state index in [1.54, 1.807) is 6.92 Å². The van der Waals surface area contributed by atoms with Crippen LogP contribution in [0.3, 0.4) is 0 Å². The number of anilines is 1. The number of rotatable bonds is 5. The molecule has 0 aromatic heterocycles. The van der Waals surface area contributed by atoms with Crippen molar-refractivity contribution in [3.63, 3.8) is 0 Å². The SMILES string of the molecule is CC1(C(=O)O)CCN(C(C(=O)Nc2ccc(F)cc2)c2ccccc2)C1. The van der Waals surface area contributed by atoms with Crippen molar-refractivity contribution < 1.29 is 19.1 Å².